The third-order valence-electron chi connectivity index (χ3n) is 2.20. The second-order valence-corrected chi connectivity index (χ2v) is 4.28. The topological polar surface area (TPSA) is 55.8 Å². The normalized spacial score (nSPS) is 10.9. The molecule has 1 N–H and O–H groups in total. The number of ether oxygens (including phenoxy) is 2. The van der Waals surface area contributed by atoms with Gasteiger partial charge < -0.3 is 14.6 Å². The number of aliphatic carboxylic acids is 1. The second-order valence-electron chi connectivity index (χ2n) is 4.28. The highest BCUT2D eigenvalue weighted by molar-refractivity contribution is 5.86. The molecule has 98 valence electrons. The molecule has 0 unspecified atom stereocenters. The van der Waals surface area contributed by atoms with Crippen LogP contribution in [0.5, 0.6) is 11.5 Å². The minimum atomic E-state index is -0.986. The monoisotopic (exact) mass is 250 g/mol. The number of hydrogen-bond acceptors (Lipinski definition) is 3. The summed E-state index contributed by atoms with van der Waals surface area (Å²) in [5.74, 6) is 0.718. The number of rotatable bonds is 6. The van der Waals surface area contributed by atoms with Crippen LogP contribution < -0.4 is 9.47 Å². The molecule has 0 aliphatic carbocycles. The van der Waals surface area contributed by atoms with E-state index in [0.717, 1.165) is 11.6 Å². The standard InChI is InChI=1S/C14H18O4/c1-10(2)9-18-13-8-12(17-3)6-4-11(13)5-7-14(15)16/h4-8,10H,9H2,1-3H3,(H,15,16)/b7-5+. The van der Waals surface area contributed by atoms with Crippen LogP contribution >= 0.6 is 0 Å². The molecule has 0 radical (unpaired) electrons. The molecule has 4 nitrogen and oxygen atoms in total. The molecule has 0 saturated heterocycles. The molecule has 0 amide bonds. The van der Waals surface area contributed by atoms with E-state index in [4.69, 9.17) is 14.6 Å². The zero-order valence-electron chi connectivity index (χ0n) is 10.8. The van der Waals surface area contributed by atoms with Crippen LogP contribution in [-0.4, -0.2) is 24.8 Å². The summed E-state index contributed by atoms with van der Waals surface area (Å²) in [5, 5.41) is 8.63. The fourth-order valence-corrected chi connectivity index (χ4v) is 1.32. The summed E-state index contributed by atoms with van der Waals surface area (Å²) in [7, 11) is 1.58. The summed E-state index contributed by atoms with van der Waals surface area (Å²) < 4.78 is 10.8. The van der Waals surface area contributed by atoms with Crippen molar-refractivity contribution in [2.24, 2.45) is 5.92 Å². The van der Waals surface area contributed by atoms with Gasteiger partial charge in [-0.3, -0.25) is 0 Å². The van der Waals surface area contributed by atoms with Crippen LogP contribution in [0.4, 0.5) is 0 Å². The average molecular weight is 250 g/mol. The van der Waals surface area contributed by atoms with E-state index >= 15 is 0 Å². The lowest BCUT2D eigenvalue weighted by molar-refractivity contribution is -0.131. The maximum absolute atomic E-state index is 10.5. The Morgan fingerprint density at radius 2 is 2.17 bits per heavy atom. The SMILES string of the molecule is COc1ccc(/C=C/C(=O)O)c(OCC(C)C)c1. The second kappa shape index (κ2) is 6.69. The first-order chi connectivity index (χ1) is 8.52. The number of benzene rings is 1. The summed E-state index contributed by atoms with van der Waals surface area (Å²) in [6.07, 6.45) is 2.60. The first-order valence-corrected chi connectivity index (χ1v) is 5.74. The number of methoxy groups -OCH3 is 1. The number of carbonyl (C=O) groups is 1. The Kier molecular flexibility index (Phi) is 5.24. The molecular formula is C14H18O4. The van der Waals surface area contributed by atoms with E-state index in [1.165, 1.54) is 6.08 Å². The van der Waals surface area contributed by atoms with Crippen LogP contribution in [0, 0.1) is 5.92 Å². The molecule has 0 bridgehead atoms. The van der Waals surface area contributed by atoms with Crippen molar-refractivity contribution in [1.29, 1.82) is 0 Å². The molecule has 4 heteroatoms. The van der Waals surface area contributed by atoms with Gasteiger partial charge in [0.1, 0.15) is 11.5 Å². The smallest absolute Gasteiger partial charge is 0.328 e. The highest BCUT2D eigenvalue weighted by Gasteiger charge is 2.05. The van der Waals surface area contributed by atoms with Gasteiger partial charge in [-0.15, -0.1) is 0 Å². The molecule has 1 aromatic rings. The summed E-state index contributed by atoms with van der Waals surface area (Å²) in [4.78, 5) is 10.5. The Morgan fingerprint density at radius 3 is 2.72 bits per heavy atom. The molecule has 1 rings (SSSR count). The molecule has 0 heterocycles. The van der Waals surface area contributed by atoms with Gasteiger partial charge in [0.05, 0.1) is 13.7 Å². The van der Waals surface area contributed by atoms with Crippen molar-refractivity contribution in [2.75, 3.05) is 13.7 Å². The zero-order valence-corrected chi connectivity index (χ0v) is 10.8. The van der Waals surface area contributed by atoms with Gasteiger partial charge in [-0.05, 0) is 24.1 Å². The molecule has 1 aromatic carbocycles. The van der Waals surface area contributed by atoms with Gasteiger partial charge in [-0.1, -0.05) is 13.8 Å². The maximum atomic E-state index is 10.5. The van der Waals surface area contributed by atoms with E-state index in [-0.39, 0.29) is 0 Å². The molecular weight excluding hydrogens is 232 g/mol. The van der Waals surface area contributed by atoms with Crippen LogP contribution in [0.3, 0.4) is 0 Å². The minimum absolute atomic E-state index is 0.396. The molecule has 0 aliphatic heterocycles. The highest BCUT2D eigenvalue weighted by Crippen LogP contribution is 2.26. The predicted molar refractivity (Wildman–Crippen MR) is 70.0 cm³/mol. The van der Waals surface area contributed by atoms with Crippen LogP contribution in [0.25, 0.3) is 6.08 Å². The summed E-state index contributed by atoms with van der Waals surface area (Å²) in [6, 6.07) is 5.29. The molecule has 18 heavy (non-hydrogen) atoms. The molecule has 0 aromatic heterocycles. The van der Waals surface area contributed by atoms with Crippen LogP contribution in [0.15, 0.2) is 24.3 Å². The average Bonchev–Trinajstić information content (AvgIpc) is 2.34. The first-order valence-electron chi connectivity index (χ1n) is 5.74. The fraction of sp³-hybridized carbons (Fsp3) is 0.357. The highest BCUT2D eigenvalue weighted by atomic mass is 16.5. The molecule has 0 spiro atoms. The summed E-state index contributed by atoms with van der Waals surface area (Å²) in [5.41, 5.74) is 0.721. The zero-order chi connectivity index (χ0) is 13.5. The van der Waals surface area contributed by atoms with E-state index in [2.05, 4.69) is 0 Å². The van der Waals surface area contributed by atoms with Gasteiger partial charge in [-0.2, -0.15) is 0 Å². The van der Waals surface area contributed by atoms with Crippen LogP contribution in [-0.2, 0) is 4.79 Å². The van der Waals surface area contributed by atoms with Crippen molar-refractivity contribution < 1.29 is 19.4 Å². The third kappa shape index (κ3) is 4.49. The van der Waals surface area contributed by atoms with Gasteiger partial charge >= 0.3 is 5.97 Å². The Morgan fingerprint density at radius 1 is 1.44 bits per heavy atom. The maximum Gasteiger partial charge on any atom is 0.328 e. The molecule has 0 aliphatic rings. The van der Waals surface area contributed by atoms with Gasteiger partial charge in [0.15, 0.2) is 0 Å². The quantitative estimate of drug-likeness (QED) is 0.789. The Balaban J connectivity index is 2.96. The van der Waals surface area contributed by atoms with Crippen molar-refractivity contribution in [1.82, 2.24) is 0 Å². The Hall–Kier alpha value is -1.97. The van der Waals surface area contributed by atoms with E-state index < -0.39 is 5.97 Å². The molecule has 0 atom stereocenters. The van der Waals surface area contributed by atoms with Gasteiger partial charge in [-0.25, -0.2) is 4.79 Å². The van der Waals surface area contributed by atoms with E-state index in [0.29, 0.717) is 24.0 Å². The Labute approximate surface area is 107 Å². The predicted octanol–water partition coefficient (Wildman–Crippen LogP) is 2.83. The van der Waals surface area contributed by atoms with Crippen LogP contribution in [0.2, 0.25) is 0 Å². The summed E-state index contributed by atoms with van der Waals surface area (Å²) in [6.45, 7) is 4.67. The largest absolute Gasteiger partial charge is 0.497 e. The van der Waals surface area contributed by atoms with Crippen molar-refractivity contribution in [3.8, 4) is 11.5 Å². The van der Waals surface area contributed by atoms with Gasteiger partial charge in [0.25, 0.3) is 0 Å². The first kappa shape index (κ1) is 14.1. The number of carboxylic acids is 1. The third-order valence-corrected chi connectivity index (χ3v) is 2.20. The van der Waals surface area contributed by atoms with Crippen molar-refractivity contribution >= 4 is 12.0 Å². The Bertz CT molecular complexity index is 435. The van der Waals surface area contributed by atoms with Gasteiger partial charge in [0, 0.05) is 17.7 Å². The van der Waals surface area contributed by atoms with Crippen LogP contribution in [0.1, 0.15) is 19.4 Å². The number of hydrogen-bond donors (Lipinski definition) is 1. The minimum Gasteiger partial charge on any atom is -0.497 e. The molecule has 0 saturated carbocycles. The lowest BCUT2D eigenvalue weighted by Gasteiger charge is -2.12. The van der Waals surface area contributed by atoms with E-state index in [1.54, 1.807) is 25.3 Å². The van der Waals surface area contributed by atoms with Crippen molar-refractivity contribution in [3.63, 3.8) is 0 Å². The lowest BCUT2D eigenvalue weighted by atomic mass is 10.1. The number of carboxylic acid groups (broad SMARTS) is 1. The van der Waals surface area contributed by atoms with E-state index in [9.17, 15) is 4.79 Å². The van der Waals surface area contributed by atoms with E-state index in [1.807, 2.05) is 13.8 Å². The van der Waals surface area contributed by atoms with Gasteiger partial charge in [0.2, 0.25) is 0 Å². The molecule has 0 fully saturated rings. The summed E-state index contributed by atoms with van der Waals surface area (Å²) >= 11 is 0. The van der Waals surface area contributed by atoms with Crippen molar-refractivity contribution in [3.05, 3.63) is 29.8 Å². The lowest BCUT2D eigenvalue weighted by Crippen LogP contribution is -2.05. The van der Waals surface area contributed by atoms with Crippen molar-refractivity contribution in [2.45, 2.75) is 13.8 Å². The fourth-order valence-electron chi connectivity index (χ4n) is 1.32.